The average molecular weight is 329 g/mol. The van der Waals surface area contributed by atoms with Crippen LogP contribution in [0.15, 0.2) is 59.7 Å². The third-order valence-electron chi connectivity index (χ3n) is 4.43. The SMILES string of the molecule is Cc1ccc(/C=N/NC(=O)c2cc(C3CC3)nc3ccccc23)cc1. The van der Waals surface area contributed by atoms with E-state index < -0.39 is 0 Å². The zero-order valence-electron chi connectivity index (χ0n) is 14.1. The minimum atomic E-state index is -0.205. The zero-order valence-corrected chi connectivity index (χ0v) is 14.1. The van der Waals surface area contributed by atoms with Crippen LogP contribution in [-0.2, 0) is 0 Å². The van der Waals surface area contributed by atoms with Crippen molar-refractivity contribution in [1.82, 2.24) is 10.4 Å². The van der Waals surface area contributed by atoms with E-state index in [-0.39, 0.29) is 5.91 Å². The zero-order chi connectivity index (χ0) is 17.2. The van der Waals surface area contributed by atoms with Crippen molar-refractivity contribution < 1.29 is 4.79 Å². The van der Waals surface area contributed by atoms with Crippen molar-refractivity contribution in [2.75, 3.05) is 0 Å². The average Bonchev–Trinajstić information content (AvgIpc) is 3.47. The van der Waals surface area contributed by atoms with Crippen LogP contribution in [0.1, 0.15) is 45.9 Å². The fourth-order valence-corrected chi connectivity index (χ4v) is 2.85. The van der Waals surface area contributed by atoms with E-state index in [9.17, 15) is 4.79 Å². The summed E-state index contributed by atoms with van der Waals surface area (Å²) in [5.74, 6) is 0.288. The molecule has 1 fully saturated rings. The molecular formula is C21H19N3O. The number of aryl methyl sites for hydroxylation is 1. The number of hydrogen-bond acceptors (Lipinski definition) is 3. The summed E-state index contributed by atoms with van der Waals surface area (Å²) in [5, 5.41) is 4.96. The van der Waals surface area contributed by atoms with Crippen molar-refractivity contribution in [2.24, 2.45) is 5.10 Å². The number of carbonyl (C=O) groups is 1. The molecule has 1 N–H and O–H groups in total. The van der Waals surface area contributed by atoms with Gasteiger partial charge in [-0.3, -0.25) is 9.78 Å². The number of rotatable bonds is 4. The number of pyridine rings is 1. The van der Waals surface area contributed by atoms with E-state index in [0.717, 1.165) is 35.0 Å². The number of nitrogens with one attached hydrogen (secondary N) is 1. The normalized spacial score (nSPS) is 14.1. The first-order valence-corrected chi connectivity index (χ1v) is 8.50. The van der Waals surface area contributed by atoms with Gasteiger partial charge in [0, 0.05) is 17.0 Å². The van der Waals surface area contributed by atoms with E-state index in [1.807, 2.05) is 61.5 Å². The predicted molar refractivity (Wildman–Crippen MR) is 100.0 cm³/mol. The monoisotopic (exact) mass is 329 g/mol. The molecule has 1 saturated carbocycles. The molecule has 0 unspecified atom stereocenters. The predicted octanol–water partition coefficient (Wildman–Crippen LogP) is 4.18. The highest BCUT2D eigenvalue weighted by molar-refractivity contribution is 6.06. The Balaban J connectivity index is 1.59. The first-order chi connectivity index (χ1) is 12.2. The van der Waals surface area contributed by atoms with E-state index in [1.165, 1.54) is 5.56 Å². The number of hydrazone groups is 1. The molecule has 4 heteroatoms. The van der Waals surface area contributed by atoms with Gasteiger partial charge < -0.3 is 0 Å². The fraction of sp³-hybridized carbons (Fsp3) is 0.190. The smallest absolute Gasteiger partial charge is 0.267 e. The van der Waals surface area contributed by atoms with Crippen LogP contribution in [-0.4, -0.2) is 17.1 Å². The second-order valence-corrected chi connectivity index (χ2v) is 6.50. The van der Waals surface area contributed by atoms with Crippen molar-refractivity contribution in [3.8, 4) is 0 Å². The van der Waals surface area contributed by atoms with Gasteiger partial charge in [0.15, 0.2) is 0 Å². The number of hydrogen-bond donors (Lipinski definition) is 1. The molecule has 1 aromatic heterocycles. The molecule has 0 atom stereocenters. The Hall–Kier alpha value is -3.01. The van der Waals surface area contributed by atoms with Gasteiger partial charge >= 0.3 is 0 Å². The van der Waals surface area contributed by atoms with Gasteiger partial charge in [-0.15, -0.1) is 0 Å². The maximum absolute atomic E-state index is 12.6. The number of amides is 1. The summed E-state index contributed by atoms with van der Waals surface area (Å²) in [5.41, 5.74) is 7.28. The molecule has 4 rings (SSSR count). The summed E-state index contributed by atoms with van der Waals surface area (Å²) in [6.45, 7) is 2.04. The topological polar surface area (TPSA) is 54.4 Å². The second kappa shape index (κ2) is 6.48. The summed E-state index contributed by atoms with van der Waals surface area (Å²) < 4.78 is 0. The molecule has 0 bridgehead atoms. The highest BCUT2D eigenvalue weighted by Crippen LogP contribution is 2.40. The molecule has 0 aliphatic heterocycles. The van der Waals surface area contributed by atoms with Crippen LogP contribution in [0.4, 0.5) is 0 Å². The van der Waals surface area contributed by atoms with Gasteiger partial charge in [0.1, 0.15) is 0 Å². The number of aromatic nitrogens is 1. The van der Waals surface area contributed by atoms with Gasteiger partial charge in [-0.2, -0.15) is 5.10 Å². The quantitative estimate of drug-likeness (QED) is 0.576. The Morgan fingerprint density at radius 3 is 2.68 bits per heavy atom. The molecule has 1 aliphatic carbocycles. The number of benzene rings is 2. The van der Waals surface area contributed by atoms with Gasteiger partial charge in [-0.25, -0.2) is 5.43 Å². The van der Waals surface area contributed by atoms with Crippen LogP contribution in [0.25, 0.3) is 10.9 Å². The fourth-order valence-electron chi connectivity index (χ4n) is 2.85. The van der Waals surface area contributed by atoms with Crippen LogP contribution >= 0.6 is 0 Å². The van der Waals surface area contributed by atoms with Crippen molar-refractivity contribution in [3.63, 3.8) is 0 Å². The van der Waals surface area contributed by atoms with Gasteiger partial charge in [0.05, 0.1) is 17.3 Å². The van der Waals surface area contributed by atoms with Crippen molar-refractivity contribution in [3.05, 3.63) is 77.0 Å². The standard InChI is InChI=1S/C21H19N3O/c1-14-6-8-15(9-7-14)13-22-24-21(25)18-12-20(16-10-11-16)23-19-5-3-2-4-17(18)19/h2-9,12-13,16H,10-11H2,1H3,(H,24,25)/b22-13+. The molecule has 1 amide bonds. The number of fused-ring (bicyclic) bond motifs is 1. The molecule has 25 heavy (non-hydrogen) atoms. The third kappa shape index (κ3) is 3.43. The van der Waals surface area contributed by atoms with E-state index in [1.54, 1.807) is 6.21 Å². The van der Waals surface area contributed by atoms with Crippen molar-refractivity contribution in [2.45, 2.75) is 25.7 Å². The number of carbonyl (C=O) groups excluding carboxylic acids is 1. The lowest BCUT2D eigenvalue weighted by atomic mass is 10.1. The van der Waals surface area contributed by atoms with E-state index in [2.05, 4.69) is 10.5 Å². The molecular weight excluding hydrogens is 310 g/mol. The van der Waals surface area contributed by atoms with Crippen molar-refractivity contribution in [1.29, 1.82) is 0 Å². The van der Waals surface area contributed by atoms with Gasteiger partial charge in [-0.1, -0.05) is 48.0 Å². The highest BCUT2D eigenvalue weighted by Gasteiger charge is 2.26. The second-order valence-electron chi connectivity index (χ2n) is 6.50. The highest BCUT2D eigenvalue weighted by atomic mass is 16.2. The molecule has 1 aliphatic rings. The Kier molecular flexibility index (Phi) is 4.02. The van der Waals surface area contributed by atoms with Crippen LogP contribution in [0.5, 0.6) is 0 Å². The third-order valence-corrected chi connectivity index (χ3v) is 4.43. The van der Waals surface area contributed by atoms with Gasteiger partial charge in [-0.05, 0) is 37.5 Å². The summed E-state index contributed by atoms with van der Waals surface area (Å²) in [4.78, 5) is 17.3. The lowest BCUT2D eigenvalue weighted by Gasteiger charge is -2.08. The van der Waals surface area contributed by atoms with Gasteiger partial charge in [0.25, 0.3) is 5.91 Å². The molecule has 2 aromatic carbocycles. The largest absolute Gasteiger partial charge is 0.272 e. The van der Waals surface area contributed by atoms with Crippen molar-refractivity contribution >= 4 is 23.0 Å². The van der Waals surface area contributed by atoms with Crippen LogP contribution < -0.4 is 5.43 Å². The molecule has 0 spiro atoms. The van der Waals surface area contributed by atoms with Crippen LogP contribution in [0.3, 0.4) is 0 Å². The van der Waals surface area contributed by atoms with Gasteiger partial charge in [0.2, 0.25) is 0 Å². The summed E-state index contributed by atoms with van der Waals surface area (Å²) in [6, 6.07) is 17.6. The number of para-hydroxylation sites is 1. The Morgan fingerprint density at radius 2 is 1.92 bits per heavy atom. The van der Waals surface area contributed by atoms with E-state index >= 15 is 0 Å². The Bertz CT molecular complexity index is 957. The molecule has 1 heterocycles. The van der Waals surface area contributed by atoms with Crippen LogP contribution in [0.2, 0.25) is 0 Å². The summed E-state index contributed by atoms with van der Waals surface area (Å²) in [7, 11) is 0. The minimum absolute atomic E-state index is 0.205. The molecule has 4 nitrogen and oxygen atoms in total. The lowest BCUT2D eigenvalue weighted by molar-refractivity contribution is 0.0956. The van der Waals surface area contributed by atoms with E-state index in [0.29, 0.717) is 11.5 Å². The summed E-state index contributed by atoms with van der Waals surface area (Å²) >= 11 is 0. The lowest BCUT2D eigenvalue weighted by Crippen LogP contribution is -2.18. The maximum Gasteiger partial charge on any atom is 0.272 e. The summed E-state index contributed by atoms with van der Waals surface area (Å²) in [6.07, 6.45) is 3.96. The molecule has 0 saturated heterocycles. The number of nitrogens with zero attached hydrogens (tertiary/aromatic N) is 2. The first-order valence-electron chi connectivity index (χ1n) is 8.50. The molecule has 3 aromatic rings. The first kappa shape index (κ1) is 15.5. The van der Waals surface area contributed by atoms with E-state index in [4.69, 9.17) is 4.98 Å². The van der Waals surface area contributed by atoms with Crippen LogP contribution in [0, 0.1) is 6.92 Å². The Morgan fingerprint density at radius 1 is 1.16 bits per heavy atom. The molecule has 0 radical (unpaired) electrons. The maximum atomic E-state index is 12.6. The molecule has 124 valence electrons. The minimum Gasteiger partial charge on any atom is -0.267 e. The Labute approximate surface area is 146 Å².